The van der Waals surface area contributed by atoms with Crippen LogP contribution in [0.5, 0.6) is 0 Å². The lowest BCUT2D eigenvalue weighted by Crippen LogP contribution is -2.35. The van der Waals surface area contributed by atoms with E-state index in [1.54, 1.807) is 7.11 Å². The first-order chi connectivity index (χ1) is 5.76. The van der Waals surface area contributed by atoms with E-state index in [0.717, 1.165) is 13.0 Å². The molecule has 0 N–H and O–H groups in total. The molecule has 1 unspecified atom stereocenters. The minimum atomic E-state index is 0.472. The van der Waals surface area contributed by atoms with Crippen molar-refractivity contribution in [2.24, 2.45) is 0 Å². The van der Waals surface area contributed by atoms with Crippen molar-refractivity contribution in [2.45, 2.75) is 26.3 Å². The molecule has 12 heavy (non-hydrogen) atoms. The number of methoxy groups -OCH3 is 1. The second-order valence-electron chi connectivity index (χ2n) is 2.88. The molecule has 0 aromatic rings. The fourth-order valence-corrected chi connectivity index (χ4v) is 1.01. The molecule has 0 spiro atoms. The van der Waals surface area contributed by atoms with E-state index >= 15 is 0 Å². The topological polar surface area (TPSA) is 36.3 Å². The Morgan fingerprint density at radius 3 is 2.67 bits per heavy atom. The fourth-order valence-electron chi connectivity index (χ4n) is 1.01. The van der Waals surface area contributed by atoms with Gasteiger partial charge < -0.3 is 4.74 Å². The van der Waals surface area contributed by atoms with Crippen molar-refractivity contribution in [1.29, 1.82) is 5.26 Å². The van der Waals surface area contributed by atoms with Gasteiger partial charge in [-0.1, -0.05) is 6.92 Å². The smallest absolute Gasteiger partial charge is 0.0869 e. The lowest BCUT2D eigenvalue weighted by molar-refractivity contribution is 0.133. The number of hydrogen-bond acceptors (Lipinski definition) is 3. The maximum Gasteiger partial charge on any atom is 0.0869 e. The normalized spacial score (nSPS) is 12.9. The molecule has 3 heteroatoms. The van der Waals surface area contributed by atoms with Gasteiger partial charge in [0.15, 0.2) is 0 Å². The maximum atomic E-state index is 8.55. The lowest BCUT2D eigenvalue weighted by atomic mass is 10.2. The van der Waals surface area contributed by atoms with E-state index < -0.39 is 0 Å². The zero-order valence-electron chi connectivity index (χ0n) is 8.21. The Kier molecular flexibility index (Phi) is 6.73. The molecule has 0 aromatic carbocycles. The van der Waals surface area contributed by atoms with Crippen molar-refractivity contribution >= 4 is 0 Å². The molecule has 0 rings (SSSR count). The van der Waals surface area contributed by atoms with Crippen LogP contribution >= 0.6 is 0 Å². The third-order valence-electron chi connectivity index (χ3n) is 2.07. The summed E-state index contributed by atoms with van der Waals surface area (Å²) >= 11 is 0. The molecule has 1 atom stereocenters. The average Bonchev–Trinajstić information content (AvgIpc) is 2.11. The number of rotatable bonds is 6. The van der Waals surface area contributed by atoms with Gasteiger partial charge in [-0.15, -0.1) is 0 Å². The van der Waals surface area contributed by atoms with Gasteiger partial charge >= 0.3 is 0 Å². The van der Waals surface area contributed by atoms with Gasteiger partial charge in [0.25, 0.3) is 0 Å². The molecule has 0 radical (unpaired) electrons. The quantitative estimate of drug-likeness (QED) is 0.563. The van der Waals surface area contributed by atoms with Crippen molar-refractivity contribution in [3.63, 3.8) is 0 Å². The first kappa shape index (κ1) is 11.4. The molecule has 0 aliphatic carbocycles. The van der Waals surface area contributed by atoms with Crippen LogP contribution in [0.2, 0.25) is 0 Å². The van der Waals surface area contributed by atoms with E-state index in [9.17, 15) is 0 Å². The minimum absolute atomic E-state index is 0.472. The minimum Gasteiger partial charge on any atom is -0.383 e. The molecule has 0 heterocycles. The highest BCUT2D eigenvalue weighted by Crippen LogP contribution is 2.01. The second-order valence-corrected chi connectivity index (χ2v) is 2.88. The van der Waals surface area contributed by atoms with Crippen LogP contribution in [0, 0.1) is 11.3 Å². The Hall–Kier alpha value is -0.590. The van der Waals surface area contributed by atoms with Gasteiger partial charge in [-0.05, 0) is 13.3 Å². The second kappa shape index (κ2) is 7.08. The molecule has 0 amide bonds. The van der Waals surface area contributed by atoms with Crippen LogP contribution in [0.3, 0.4) is 0 Å². The maximum absolute atomic E-state index is 8.55. The van der Waals surface area contributed by atoms with Crippen LogP contribution in [-0.2, 0) is 4.74 Å². The van der Waals surface area contributed by atoms with Crippen LogP contribution in [0.25, 0.3) is 0 Å². The molecule has 3 nitrogen and oxygen atoms in total. The molecule has 70 valence electrons. The van der Waals surface area contributed by atoms with Gasteiger partial charge in [0.05, 0.1) is 19.2 Å². The third kappa shape index (κ3) is 4.32. The zero-order valence-corrected chi connectivity index (χ0v) is 8.21. The monoisotopic (exact) mass is 170 g/mol. The number of nitriles is 1. The summed E-state index contributed by atoms with van der Waals surface area (Å²) in [6.45, 7) is 6.30. The Bertz CT molecular complexity index is 142. The highest BCUT2D eigenvalue weighted by Gasteiger charge is 2.10. The van der Waals surface area contributed by atoms with Gasteiger partial charge in [0, 0.05) is 19.7 Å². The molecule has 0 fully saturated rings. The van der Waals surface area contributed by atoms with Crippen LogP contribution < -0.4 is 0 Å². The molecule has 0 aliphatic rings. The highest BCUT2D eigenvalue weighted by molar-refractivity contribution is 4.79. The summed E-state index contributed by atoms with van der Waals surface area (Å²) in [7, 11) is 1.68. The number of hydrogen-bond donors (Lipinski definition) is 0. The Balaban J connectivity index is 3.78. The van der Waals surface area contributed by atoms with Crippen LogP contribution in [-0.4, -0.2) is 37.7 Å². The molecule has 0 bridgehead atoms. The fraction of sp³-hybridized carbons (Fsp3) is 0.889. The molecule has 0 aromatic heterocycles. The molecular formula is C9H18N2O. The van der Waals surface area contributed by atoms with Gasteiger partial charge in [0.1, 0.15) is 0 Å². The van der Waals surface area contributed by atoms with Crippen molar-refractivity contribution in [2.75, 3.05) is 26.8 Å². The molecule has 0 saturated heterocycles. The standard InChI is InChI=1S/C9H18N2O/c1-4-9(2)11(6-5-10)7-8-12-3/h9H,4,6-8H2,1-3H3. The molecule has 0 aliphatic heterocycles. The highest BCUT2D eigenvalue weighted by atomic mass is 16.5. The van der Waals surface area contributed by atoms with Crippen molar-refractivity contribution in [3.8, 4) is 6.07 Å². The Morgan fingerprint density at radius 2 is 2.25 bits per heavy atom. The zero-order chi connectivity index (χ0) is 9.40. The van der Waals surface area contributed by atoms with E-state index in [-0.39, 0.29) is 0 Å². The first-order valence-electron chi connectivity index (χ1n) is 4.36. The molecular weight excluding hydrogens is 152 g/mol. The summed E-state index contributed by atoms with van der Waals surface area (Å²) in [5.41, 5.74) is 0. The number of nitrogens with zero attached hydrogens (tertiary/aromatic N) is 2. The summed E-state index contributed by atoms with van der Waals surface area (Å²) in [4.78, 5) is 2.13. The van der Waals surface area contributed by atoms with Crippen molar-refractivity contribution in [3.05, 3.63) is 0 Å². The van der Waals surface area contributed by atoms with Gasteiger partial charge in [-0.2, -0.15) is 5.26 Å². The van der Waals surface area contributed by atoms with E-state index in [1.807, 2.05) is 0 Å². The van der Waals surface area contributed by atoms with Crippen LogP contribution in [0.4, 0.5) is 0 Å². The average molecular weight is 170 g/mol. The van der Waals surface area contributed by atoms with Gasteiger partial charge in [-0.25, -0.2) is 0 Å². The summed E-state index contributed by atoms with van der Waals surface area (Å²) in [6.07, 6.45) is 1.07. The van der Waals surface area contributed by atoms with Gasteiger partial charge in [0.2, 0.25) is 0 Å². The lowest BCUT2D eigenvalue weighted by Gasteiger charge is -2.24. The predicted octanol–water partition coefficient (Wildman–Crippen LogP) is 1.26. The van der Waals surface area contributed by atoms with E-state index in [1.165, 1.54) is 0 Å². The summed E-state index contributed by atoms with van der Waals surface area (Å²) < 4.78 is 4.96. The SMILES string of the molecule is CCC(C)N(CC#N)CCOC. The van der Waals surface area contributed by atoms with Crippen molar-refractivity contribution in [1.82, 2.24) is 4.90 Å². The van der Waals surface area contributed by atoms with Crippen LogP contribution in [0.15, 0.2) is 0 Å². The van der Waals surface area contributed by atoms with Crippen LogP contribution in [0.1, 0.15) is 20.3 Å². The summed E-state index contributed by atoms with van der Waals surface area (Å²) in [5.74, 6) is 0. The summed E-state index contributed by atoms with van der Waals surface area (Å²) in [5, 5.41) is 8.55. The van der Waals surface area contributed by atoms with Crippen molar-refractivity contribution < 1.29 is 4.74 Å². The van der Waals surface area contributed by atoms with E-state index in [0.29, 0.717) is 19.2 Å². The molecule has 0 saturated carbocycles. The third-order valence-corrected chi connectivity index (χ3v) is 2.07. The van der Waals surface area contributed by atoms with Gasteiger partial charge in [-0.3, -0.25) is 4.90 Å². The summed E-state index contributed by atoms with van der Waals surface area (Å²) in [6, 6.07) is 2.63. The van der Waals surface area contributed by atoms with E-state index in [2.05, 4.69) is 24.8 Å². The largest absolute Gasteiger partial charge is 0.383 e. The first-order valence-corrected chi connectivity index (χ1v) is 4.36. The number of ether oxygens (including phenoxy) is 1. The Labute approximate surface area is 74.9 Å². The predicted molar refractivity (Wildman–Crippen MR) is 48.8 cm³/mol. The van der Waals surface area contributed by atoms with E-state index in [4.69, 9.17) is 10.00 Å². The Morgan fingerprint density at radius 1 is 1.58 bits per heavy atom.